The molecular weight excluding hydrogens is 232 g/mol. The molecule has 0 aliphatic carbocycles. The van der Waals surface area contributed by atoms with Crippen LogP contribution in [-0.2, 0) is 11.2 Å². The molecule has 1 aromatic heterocycles. The Morgan fingerprint density at radius 1 is 1.44 bits per heavy atom. The highest BCUT2D eigenvalue weighted by Crippen LogP contribution is 2.29. The Kier molecular flexibility index (Phi) is 2.29. The third-order valence-corrected chi connectivity index (χ3v) is 2.99. The van der Waals surface area contributed by atoms with Crippen molar-refractivity contribution in [2.24, 2.45) is 0 Å². The molecule has 1 aliphatic heterocycles. The number of carbonyl (C=O) groups is 1. The van der Waals surface area contributed by atoms with Crippen molar-refractivity contribution < 1.29 is 9.53 Å². The molecule has 18 heavy (non-hydrogen) atoms. The Balaban J connectivity index is 2.26. The van der Waals surface area contributed by atoms with Crippen molar-refractivity contribution in [3.8, 4) is 11.4 Å². The van der Waals surface area contributed by atoms with E-state index in [0.29, 0.717) is 11.4 Å². The second kappa shape index (κ2) is 3.83. The largest absolute Gasteiger partial charge is 0.497 e. The predicted octanol–water partition coefficient (Wildman–Crippen LogP) is 1.08. The quantitative estimate of drug-likeness (QED) is 0.815. The van der Waals surface area contributed by atoms with Crippen molar-refractivity contribution in [1.82, 2.24) is 15.0 Å². The van der Waals surface area contributed by atoms with Crippen LogP contribution < -0.4 is 10.1 Å². The minimum absolute atomic E-state index is 0.0643. The number of rotatable bonds is 1. The average Bonchev–Trinajstić information content (AvgIpc) is 2.65. The van der Waals surface area contributed by atoms with Crippen LogP contribution >= 0.6 is 0 Å². The zero-order valence-corrected chi connectivity index (χ0v) is 10.1. The summed E-state index contributed by atoms with van der Waals surface area (Å²) in [5.41, 5.74) is 3.06. The molecule has 1 aliphatic rings. The molecule has 92 valence electrons. The summed E-state index contributed by atoms with van der Waals surface area (Å²) in [6.45, 7) is 1.84. The van der Waals surface area contributed by atoms with Crippen molar-refractivity contribution in [1.29, 1.82) is 0 Å². The van der Waals surface area contributed by atoms with E-state index in [1.165, 1.54) is 0 Å². The van der Waals surface area contributed by atoms with Crippen molar-refractivity contribution in [3.05, 3.63) is 29.6 Å². The Morgan fingerprint density at radius 3 is 3.06 bits per heavy atom. The SMILES string of the molecule is COc1ccc2c(c1)-n1nnc(C)c1CC(=O)N2. The molecule has 6 nitrogen and oxygen atoms in total. The molecule has 6 heteroatoms. The molecular formula is C12H12N4O2. The highest BCUT2D eigenvalue weighted by atomic mass is 16.5. The van der Waals surface area contributed by atoms with E-state index in [2.05, 4.69) is 15.6 Å². The van der Waals surface area contributed by atoms with Crippen molar-refractivity contribution in [3.63, 3.8) is 0 Å². The number of benzene rings is 1. The first-order chi connectivity index (χ1) is 8.69. The van der Waals surface area contributed by atoms with E-state index in [0.717, 1.165) is 17.1 Å². The first-order valence-electron chi connectivity index (χ1n) is 5.58. The number of aromatic nitrogens is 3. The zero-order valence-electron chi connectivity index (χ0n) is 10.1. The van der Waals surface area contributed by atoms with Gasteiger partial charge >= 0.3 is 0 Å². The van der Waals surface area contributed by atoms with Gasteiger partial charge in [-0.3, -0.25) is 4.79 Å². The molecule has 0 radical (unpaired) electrons. The van der Waals surface area contributed by atoms with Crippen LogP contribution in [0.15, 0.2) is 18.2 Å². The van der Waals surface area contributed by atoms with Gasteiger partial charge in [0.05, 0.1) is 36.3 Å². The molecule has 0 bridgehead atoms. The Bertz CT molecular complexity index is 633. The van der Waals surface area contributed by atoms with Crippen LogP contribution in [0.1, 0.15) is 11.4 Å². The number of methoxy groups -OCH3 is 1. The number of ether oxygens (including phenoxy) is 1. The number of fused-ring (bicyclic) bond motifs is 3. The Labute approximate surface area is 104 Å². The van der Waals surface area contributed by atoms with Crippen LogP contribution in [0, 0.1) is 6.92 Å². The van der Waals surface area contributed by atoms with Gasteiger partial charge in [-0.15, -0.1) is 5.10 Å². The van der Waals surface area contributed by atoms with Crippen molar-refractivity contribution in [2.45, 2.75) is 13.3 Å². The molecule has 1 N–H and O–H groups in total. The molecule has 2 aromatic rings. The maximum atomic E-state index is 11.8. The van der Waals surface area contributed by atoms with Crippen molar-refractivity contribution >= 4 is 11.6 Å². The van der Waals surface area contributed by atoms with Gasteiger partial charge in [0, 0.05) is 6.07 Å². The number of hydrogen-bond donors (Lipinski definition) is 1. The molecule has 1 aromatic carbocycles. The number of nitrogens with one attached hydrogen (secondary N) is 1. The van der Waals surface area contributed by atoms with Gasteiger partial charge in [0.15, 0.2) is 0 Å². The summed E-state index contributed by atoms with van der Waals surface area (Å²) in [5, 5.41) is 11.0. The molecule has 0 saturated heterocycles. The molecule has 0 fully saturated rings. The summed E-state index contributed by atoms with van der Waals surface area (Å²) < 4.78 is 6.88. The normalized spacial score (nSPS) is 13.3. The third-order valence-electron chi connectivity index (χ3n) is 2.99. The van der Waals surface area contributed by atoms with E-state index in [1.54, 1.807) is 23.9 Å². The molecule has 0 unspecified atom stereocenters. The number of carbonyl (C=O) groups excluding carboxylic acids is 1. The van der Waals surface area contributed by atoms with Crippen molar-refractivity contribution in [2.75, 3.05) is 12.4 Å². The Hall–Kier alpha value is -2.37. The van der Waals surface area contributed by atoms with Gasteiger partial charge < -0.3 is 10.1 Å². The maximum Gasteiger partial charge on any atom is 0.230 e. The number of aryl methyl sites for hydroxylation is 1. The van der Waals surface area contributed by atoms with Crippen LogP contribution in [-0.4, -0.2) is 28.0 Å². The van der Waals surface area contributed by atoms with E-state index in [-0.39, 0.29) is 12.3 Å². The van der Waals surface area contributed by atoms with E-state index in [1.807, 2.05) is 13.0 Å². The smallest absolute Gasteiger partial charge is 0.230 e. The average molecular weight is 244 g/mol. The summed E-state index contributed by atoms with van der Waals surface area (Å²) in [5.74, 6) is 0.648. The van der Waals surface area contributed by atoms with E-state index in [4.69, 9.17) is 4.74 Å². The minimum atomic E-state index is -0.0643. The first kappa shape index (κ1) is 10.8. The number of nitrogens with zero attached hydrogens (tertiary/aromatic N) is 3. The second-order valence-electron chi connectivity index (χ2n) is 4.14. The van der Waals surface area contributed by atoms with Gasteiger partial charge in [0.2, 0.25) is 5.91 Å². The maximum absolute atomic E-state index is 11.8. The van der Waals surface area contributed by atoms with Gasteiger partial charge in [-0.05, 0) is 19.1 Å². The lowest BCUT2D eigenvalue weighted by Crippen LogP contribution is -2.13. The molecule has 1 amide bonds. The van der Waals surface area contributed by atoms with E-state index in [9.17, 15) is 4.79 Å². The lowest BCUT2D eigenvalue weighted by atomic mass is 10.2. The van der Waals surface area contributed by atoms with Crippen LogP contribution in [0.5, 0.6) is 5.75 Å². The number of amides is 1. The second-order valence-corrected chi connectivity index (χ2v) is 4.14. The fraction of sp³-hybridized carbons (Fsp3) is 0.250. The summed E-state index contributed by atoms with van der Waals surface area (Å²) in [6.07, 6.45) is 0.274. The highest BCUT2D eigenvalue weighted by molar-refractivity contribution is 5.95. The van der Waals surface area contributed by atoms with E-state index >= 15 is 0 Å². The predicted molar refractivity (Wildman–Crippen MR) is 65.0 cm³/mol. The lowest BCUT2D eigenvalue weighted by molar-refractivity contribution is -0.115. The Morgan fingerprint density at radius 2 is 2.28 bits per heavy atom. The van der Waals surface area contributed by atoms with Crippen LogP contribution in [0.25, 0.3) is 5.69 Å². The fourth-order valence-electron chi connectivity index (χ4n) is 2.04. The first-order valence-corrected chi connectivity index (χ1v) is 5.58. The van der Waals surface area contributed by atoms with Gasteiger partial charge in [-0.2, -0.15) is 0 Å². The molecule has 0 spiro atoms. The van der Waals surface area contributed by atoms with Gasteiger partial charge in [0.1, 0.15) is 5.75 Å². The molecule has 0 saturated carbocycles. The topological polar surface area (TPSA) is 69.0 Å². The van der Waals surface area contributed by atoms with E-state index < -0.39 is 0 Å². The number of anilines is 1. The molecule has 3 rings (SSSR count). The third kappa shape index (κ3) is 1.54. The van der Waals surface area contributed by atoms with Gasteiger partial charge in [0.25, 0.3) is 0 Å². The molecule has 2 heterocycles. The lowest BCUT2D eigenvalue weighted by Gasteiger charge is -2.09. The van der Waals surface area contributed by atoms with Crippen LogP contribution in [0.2, 0.25) is 0 Å². The summed E-state index contributed by atoms with van der Waals surface area (Å²) >= 11 is 0. The summed E-state index contributed by atoms with van der Waals surface area (Å²) in [6, 6.07) is 5.44. The fourth-order valence-corrected chi connectivity index (χ4v) is 2.04. The summed E-state index contributed by atoms with van der Waals surface area (Å²) in [7, 11) is 1.60. The summed E-state index contributed by atoms with van der Waals surface area (Å²) in [4.78, 5) is 11.8. The van der Waals surface area contributed by atoms with Crippen LogP contribution in [0.3, 0.4) is 0 Å². The monoisotopic (exact) mass is 244 g/mol. The molecule has 0 atom stereocenters. The highest BCUT2D eigenvalue weighted by Gasteiger charge is 2.22. The van der Waals surface area contributed by atoms with Gasteiger partial charge in [-0.25, -0.2) is 4.68 Å². The number of hydrogen-bond acceptors (Lipinski definition) is 4. The van der Waals surface area contributed by atoms with Gasteiger partial charge in [-0.1, -0.05) is 5.21 Å². The minimum Gasteiger partial charge on any atom is -0.497 e. The standard InChI is InChI=1S/C12H12N4O2/c1-7-10-6-12(17)13-9-4-3-8(18-2)5-11(9)16(10)15-14-7/h3-5H,6H2,1-2H3,(H,13,17). The zero-order chi connectivity index (χ0) is 12.7. The van der Waals surface area contributed by atoms with Crippen LogP contribution in [0.4, 0.5) is 5.69 Å².